The van der Waals surface area contributed by atoms with E-state index in [1.807, 2.05) is 40.7 Å². The molecule has 0 radical (unpaired) electrons. The minimum Gasteiger partial charge on any atom is -0.444 e. The summed E-state index contributed by atoms with van der Waals surface area (Å²) in [6, 6.07) is 1.98. The van der Waals surface area contributed by atoms with Crippen LogP contribution in [0.4, 0.5) is 4.79 Å². The van der Waals surface area contributed by atoms with Crippen LogP contribution >= 0.6 is 11.3 Å². The van der Waals surface area contributed by atoms with E-state index in [1.54, 1.807) is 16.2 Å². The first-order valence-corrected chi connectivity index (χ1v) is 10.2. The predicted molar refractivity (Wildman–Crippen MR) is 107 cm³/mol. The van der Waals surface area contributed by atoms with Crippen molar-refractivity contribution in [3.05, 3.63) is 28.2 Å². The van der Waals surface area contributed by atoms with Gasteiger partial charge in [0, 0.05) is 29.6 Å². The van der Waals surface area contributed by atoms with Gasteiger partial charge in [-0.05, 0) is 60.5 Å². The normalized spacial score (nSPS) is 17.9. The minimum atomic E-state index is -0.488. The standard InChI is InChI=1S/C20H28N4O2S/c1-12-10-16(18-22-13(2)14(3)27-18)23-17(21-12)15-8-7-9-24(11-15)19(25)26-20(4,5)6/h10,15H,7-9,11H2,1-6H3. The van der Waals surface area contributed by atoms with E-state index in [9.17, 15) is 4.79 Å². The number of hydrogen-bond acceptors (Lipinski definition) is 6. The Bertz CT molecular complexity index is 821. The molecule has 0 N–H and O–H groups in total. The second-order valence-electron chi connectivity index (χ2n) is 8.18. The first-order chi connectivity index (χ1) is 12.6. The molecule has 1 amide bonds. The lowest BCUT2D eigenvalue weighted by atomic mass is 9.97. The maximum Gasteiger partial charge on any atom is 0.410 e. The topological polar surface area (TPSA) is 68.2 Å². The van der Waals surface area contributed by atoms with Gasteiger partial charge in [-0.25, -0.2) is 19.7 Å². The SMILES string of the molecule is Cc1cc(-c2nc(C)c(C)s2)nc(C2CCCN(C(=O)OC(C)(C)C)C2)n1. The lowest BCUT2D eigenvalue weighted by Crippen LogP contribution is -2.42. The minimum absolute atomic E-state index is 0.118. The molecule has 3 rings (SSSR count). The van der Waals surface area contributed by atoms with Gasteiger partial charge in [0.25, 0.3) is 0 Å². The molecule has 0 bridgehead atoms. The van der Waals surface area contributed by atoms with Crippen molar-refractivity contribution in [1.82, 2.24) is 19.9 Å². The molecule has 2 aromatic rings. The first kappa shape index (κ1) is 19.7. The van der Waals surface area contributed by atoms with E-state index in [0.29, 0.717) is 6.54 Å². The molecular formula is C20H28N4O2S. The third kappa shape index (κ3) is 4.83. The summed E-state index contributed by atoms with van der Waals surface area (Å²) in [6.45, 7) is 13.1. The second-order valence-corrected chi connectivity index (χ2v) is 9.38. The van der Waals surface area contributed by atoms with E-state index in [4.69, 9.17) is 9.72 Å². The van der Waals surface area contributed by atoms with Crippen LogP contribution in [0.5, 0.6) is 0 Å². The number of ether oxygens (including phenoxy) is 1. The Morgan fingerprint density at radius 2 is 1.96 bits per heavy atom. The van der Waals surface area contributed by atoms with E-state index in [0.717, 1.165) is 47.3 Å². The van der Waals surface area contributed by atoms with Crippen LogP contribution in [0.2, 0.25) is 0 Å². The predicted octanol–water partition coefficient (Wildman–Crippen LogP) is 4.64. The summed E-state index contributed by atoms with van der Waals surface area (Å²) in [5.74, 6) is 0.913. The van der Waals surface area contributed by atoms with E-state index >= 15 is 0 Å². The summed E-state index contributed by atoms with van der Waals surface area (Å²) in [6.07, 6.45) is 1.63. The second kappa shape index (κ2) is 7.54. The number of rotatable bonds is 2. The number of piperidine rings is 1. The Morgan fingerprint density at radius 1 is 1.22 bits per heavy atom. The van der Waals surface area contributed by atoms with Crippen LogP contribution in [0.25, 0.3) is 10.7 Å². The van der Waals surface area contributed by atoms with E-state index in [-0.39, 0.29) is 12.0 Å². The van der Waals surface area contributed by atoms with Crippen molar-refractivity contribution in [2.45, 2.75) is 65.9 Å². The molecule has 1 fully saturated rings. The van der Waals surface area contributed by atoms with E-state index in [1.165, 1.54) is 4.88 Å². The summed E-state index contributed by atoms with van der Waals surface area (Å²) in [5, 5.41) is 0.927. The Labute approximate surface area is 165 Å². The van der Waals surface area contributed by atoms with Crippen molar-refractivity contribution in [2.24, 2.45) is 0 Å². The van der Waals surface area contributed by atoms with Gasteiger partial charge in [0.15, 0.2) is 0 Å². The van der Waals surface area contributed by atoms with Crippen molar-refractivity contribution < 1.29 is 9.53 Å². The number of thiazole rings is 1. The molecule has 0 spiro atoms. The third-order valence-corrected chi connectivity index (χ3v) is 5.65. The summed E-state index contributed by atoms with van der Waals surface area (Å²) in [4.78, 5) is 29.5. The lowest BCUT2D eigenvalue weighted by Gasteiger charge is -2.33. The number of aromatic nitrogens is 3. The van der Waals surface area contributed by atoms with Crippen molar-refractivity contribution in [1.29, 1.82) is 0 Å². The van der Waals surface area contributed by atoms with Gasteiger partial charge in [-0.15, -0.1) is 11.3 Å². The number of aryl methyl sites for hydroxylation is 3. The quantitative estimate of drug-likeness (QED) is 0.750. The van der Waals surface area contributed by atoms with Crippen molar-refractivity contribution in [3.8, 4) is 10.7 Å². The maximum atomic E-state index is 12.4. The fourth-order valence-electron chi connectivity index (χ4n) is 3.15. The Morgan fingerprint density at radius 3 is 2.59 bits per heavy atom. The highest BCUT2D eigenvalue weighted by atomic mass is 32.1. The Balaban J connectivity index is 1.82. The molecule has 1 saturated heterocycles. The number of carbonyl (C=O) groups excluding carboxylic acids is 1. The Kier molecular flexibility index (Phi) is 5.51. The molecule has 0 aliphatic carbocycles. The molecule has 0 aromatic carbocycles. The van der Waals surface area contributed by atoms with Crippen LogP contribution in [0.15, 0.2) is 6.07 Å². The van der Waals surface area contributed by atoms with Gasteiger partial charge >= 0.3 is 6.09 Å². The summed E-state index contributed by atoms with van der Waals surface area (Å²) >= 11 is 1.66. The molecule has 6 nitrogen and oxygen atoms in total. The monoisotopic (exact) mass is 388 g/mol. The summed E-state index contributed by atoms with van der Waals surface area (Å²) in [7, 11) is 0. The molecule has 2 aromatic heterocycles. The van der Waals surface area contributed by atoms with Crippen LogP contribution in [-0.2, 0) is 4.74 Å². The Hall–Kier alpha value is -2.02. The fraction of sp³-hybridized carbons (Fsp3) is 0.600. The van der Waals surface area contributed by atoms with Crippen LogP contribution in [-0.4, -0.2) is 44.6 Å². The number of hydrogen-bond donors (Lipinski definition) is 0. The molecule has 146 valence electrons. The van der Waals surface area contributed by atoms with Crippen LogP contribution in [0.1, 0.15) is 61.6 Å². The van der Waals surface area contributed by atoms with E-state index in [2.05, 4.69) is 16.9 Å². The molecule has 1 atom stereocenters. The zero-order valence-electron chi connectivity index (χ0n) is 17.0. The summed E-state index contributed by atoms with van der Waals surface area (Å²) in [5.41, 5.74) is 2.35. The van der Waals surface area contributed by atoms with Crippen molar-refractivity contribution in [2.75, 3.05) is 13.1 Å². The first-order valence-electron chi connectivity index (χ1n) is 9.40. The number of carbonyl (C=O) groups is 1. The lowest BCUT2D eigenvalue weighted by molar-refractivity contribution is 0.0196. The molecular weight excluding hydrogens is 360 g/mol. The molecule has 27 heavy (non-hydrogen) atoms. The van der Waals surface area contributed by atoms with Crippen LogP contribution < -0.4 is 0 Å². The average molecular weight is 389 g/mol. The zero-order chi connectivity index (χ0) is 19.8. The van der Waals surface area contributed by atoms with Gasteiger partial charge in [-0.2, -0.15) is 0 Å². The molecule has 1 unspecified atom stereocenters. The van der Waals surface area contributed by atoms with Gasteiger partial charge in [0.1, 0.15) is 22.1 Å². The maximum absolute atomic E-state index is 12.4. The smallest absolute Gasteiger partial charge is 0.410 e. The fourth-order valence-corrected chi connectivity index (χ4v) is 4.02. The summed E-state index contributed by atoms with van der Waals surface area (Å²) < 4.78 is 5.53. The largest absolute Gasteiger partial charge is 0.444 e. The van der Waals surface area contributed by atoms with Crippen LogP contribution in [0, 0.1) is 20.8 Å². The molecule has 7 heteroatoms. The van der Waals surface area contributed by atoms with Gasteiger partial charge in [-0.1, -0.05) is 0 Å². The average Bonchev–Trinajstić information content (AvgIpc) is 2.92. The molecule has 0 saturated carbocycles. The number of nitrogens with zero attached hydrogens (tertiary/aromatic N) is 4. The number of amides is 1. The third-order valence-electron chi connectivity index (χ3n) is 4.56. The molecule has 1 aliphatic rings. The highest BCUT2D eigenvalue weighted by Gasteiger charge is 2.30. The highest BCUT2D eigenvalue weighted by molar-refractivity contribution is 7.15. The van der Waals surface area contributed by atoms with Gasteiger partial charge in [-0.3, -0.25) is 0 Å². The van der Waals surface area contributed by atoms with Gasteiger partial charge in [0.2, 0.25) is 0 Å². The number of likely N-dealkylation sites (tertiary alicyclic amines) is 1. The van der Waals surface area contributed by atoms with Gasteiger partial charge < -0.3 is 9.64 Å². The molecule has 1 aliphatic heterocycles. The zero-order valence-corrected chi connectivity index (χ0v) is 17.8. The van der Waals surface area contributed by atoms with E-state index < -0.39 is 5.60 Å². The van der Waals surface area contributed by atoms with Crippen molar-refractivity contribution >= 4 is 17.4 Å². The highest BCUT2D eigenvalue weighted by Crippen LogP contribution is 2.30. The molecule has 3 heterocycles. The van der Waals surface area contributed by atoms with Crippen molar-refractivity contribution in [3.63, 3.8) is 0 Å². The van der Waals surface area contributed by atoms with Gasteiger partial charge in [0.05, 0.1) is 5.69 Å². The van der Waals surface area contributed by atoms with Crippen LogP contribution in [0.3, 0.4) is 0 Å².